The summed E-state index contributed by atoms with van der Waals surface area (Å²) in [5.74, 6) is 1.44. The fraction of sp³-hybridized carbons (Fsp3) is 0.800. The third-order valence-electron chi connectivity index (χ3n) is 1.81. The maximum Gasteiger partial charge on any atom is 0.217 e. The first-order valence-corrected chi connectivity index (χ1v) is 5.07. The highest BCUT2D eigenvalue weighted by atomic mass is 16.4. The molecule has 4 nitrogen and oxygen atoms in total. The number of nitrogens with one attached hydrogen (secondary N) is 1. The van der Waals surface area contributed by atoms with Crippen LogP contribution >= 0.6 is 0 Å². The van der Waals surface area contributed by atoms with Crippen LogP contribution in [0.4, 0.5) is 0 Å². The molecule has 1 heterocycles. The Labute approximate surface area is 85.1 Å². The minimum Gasteiger partial charge on any atom is -0.425 e. The molecule has 4 heteroatoms. The molecule has 0 radical (unpaired) electrons. The average Bonchev–Trinajstić information content (AvgIpc) is 2.50. The van der Waals surface area contributed by atoms with Crippen molar-refractivity contribution >= 4 is 0 Å². The van der Waals surface area contributed by atoms with E-state index in [1.807, 2.05) is 6.92 Å². The molecular weight excluding hydrogens is 178 g/mol. The number of nitrogens with zero attached hydrogens (tertiary/aromatic N) is 2. The Morgan fingerprint density at radius 3 is 2.36 bits per heavy atom. The molecule has 0 saturated heterocycles. The fourth-order valence-corrected chi connectivity index (χ4v) is 1.08. The van der Waals surface area contributed by atoms with Crippen molar-refractivity contribution < 1.29 is 4.42 Å². The summed E-state index contributed by atoms with van der Waals surface area (Å²) in [6.07, 6.45) is 1.60. The van der Waals surface area contributed by atoms with Gasteiger partial charge in [0.2, 0.25) is 11.8 Å². The summed E-state index contributed by atoms with van der Waals surface area (Å²) in [4.78, 5) is 0. The van der Waals surface area contributed by atoms with Crippen LogP contribution in [0.3, 0.4) is 0 Å². The van der Waals surface area contributed by atoms with Gasteiger partial charge >= 0.3 is 0 Å². The molecule has 0 fully saturated rings. The Balaban J connectivity index is 2.31. The molecule has 1 aromatic rings. The van der Waals surface area contributed by atoms with E-state index < -0.39 is 0 Å². The predicted octanol–water partition coefficient (Wildman–Crippen LogP) is 1.56. The van der Waals surface area contributed by atoms with Gasteiger partial charge in [-0.1, -0.05) is 6.92 Å². The van der Waals surface area contributed by atoms with Crippen LogP contribution in [-0.4, -0.2) is 22.3 Å². The van der Waals surface area contributed by atoms with E-state index in [9.17, 15) is 0 Å². The maximum absolute atomic E-state index is 5.39. The summed E-state index contributed by atoms with van der Waals surface area (Å²) < 4.78 is 5.39. The molecule has 0 aliphatic rings. The zero-order chi connectivity index (χ0) is 10.6. The highest BCUT2D eigenvalue weighted by Gasteiger charge is 2.09. The van der Waals surface area contributed by atoms with Crippen molar-refractivity contribution in [3.63, 3.8) is 0 Å². The van der Waals surface area contributed by atoms with Crippen molar-refractivity contribution in [2.24, 2.45) is 0 Å². The first-order chi connectivity index (χ1) is 6.51. The van der Waals surface area contributed by atoms with Gasteiger partial charge in [0, 0.05) is 24.9 Å². The van der Waals surface area contributed by atoms with Crippen molar-refractivity contribution in [2.75, 3.05) is 6.54 Å². The molecule has 80 valence electrons. The zero-order valence-electron chi connectivity index (χ0n) is 9.42. The number of hydrogen-bond donors (Lipinski definition) is 1. The third-order valence-corrected chi connectivity index (χ3v) is 1.81. The van der Waals surface area contributed by atoms with Gasteiger partial charge in [-0.05, 0) is 20.8 Å². The molecule has 0 amide bonds. The highest BCUT2D eigenvalue weighted by Crippen LogP contribution is 2.02. The maximum atomic E-state index is 5.39. The van der Waals surface area contributed by atoms with Gasteiger partial charge in [0.15, 0.2) is 0 Å². The third kappa shape index (κ3) is 3.87. The van der Waals surface area contributed by atoms with E-state index in [2.05, 4.69) is 36.3 Å². The normalized spacial score (nSPS) is 12.0. The molecule has 1 rings (SSSR count). The summed E-state index contributed by atoms with van der Waals surface area (Å²) in [5, 5.41) is 11.2. The van der Waals surface area contributed by atoms with Crippen LogP contribution in [0.1, 0.15) is 39.5 Å². The standard InChI is InChI=1S/C10H19N3O/c1-5-8-12-13-9(14-8)6-7-11-10(2,3)4/h11H,5-7H2,1-4H3. The minimum absolute atomic E-state index is 0.146. The van der Waals surface area contributed by atoms with Crippen LogP contribution < -0.4 is 5.32 Å². The van der Waals surface area contributed by atoms with Gasteiger partial charge < -0.3 is 9.73 Å². The summed E-state index contributed by atoms with van der Waals surface area (Å²) in [6.45, 7) is 9.29. The monoisotopic (exact) mass is 197 g/mol. The predicted molar refractivity (Wildman–Crippen MR) is 55.1 cm³/mol. The van der Waals surface area contributed by atoms with Crippen LogP contribution in [0, 0.1) is 0 Å². The van der Waals surface area contributed by atoms with Gasteiger partial charge in [-0.2, -0.15) is 0 Å². The van der Waals surface area contributed by atoms with Crippen LogP contribution in [-0.2, 0) is 12.8 Å². The molecule has 1 aromatic heterocycles. The van der Waals surface area contributed by atoms with E-state index in [0.29, 0.717) is 0 Å². The second kappa shape index (κ2) is 4.55. The molecule has 0 saturated carbocycles. The van der Waals surface area contributed by atoms with E-state index >= 15 is 0 Å². The van der Waals surface area contributed by atoms with Crippen molar-refractivity contribution in [1.29, 1.82) is 0 Å². The Kier molecular flexibility index (Phi) is 3.63. The first kappa shape index (κ1) is 11.2. The first-order valence-electron chi connectivity index (χ1n) is 5.07. The lowest BCUT2D eigenvalue weighted by Gasteiger charge is -2.19. The minimum atomic E-state index is 0.146. The van der Waals surface area contributed by atoms with Gasteiger partial charge in [0.05, 0.1) is 0 Å². The lowest BCUT2D eigenvalue weighted by Crippen LogP contribution is -2.37. The van der Waals surface area contributed by atoms with Gasteiger partial charge in [-0.15, -0.1) is 10.2 Å². The van der Waals surface area contributed by atoms with Crippen LogP contribution in [0.2, 0.25) is 0 Å². The second-order valence-corrected chi connectivity index (χ2v) is 4.37. The topological polar surface area (TPSA) is 51.0 Å². The van der Waals surface area contributed by atoms with Gasteiger partial charge in [0.1, 0.15) is 0 Å². The molecule has 0 aromatic carbocycles. The molecule has 0 aliphatic heterocycles. The van der Waals surface area contributed by atoms with E-state index in [0.717, 1.165) is 31.2 Å². The molecule has 14 heavy (non-hydrogen) atoms. The Morgan fingerprint density at radius 2 is 1.86 bits per heavy atom. The largest absolute Gasteiger partial charge is 0.425 e. The quantitative estimate of drug-likeness (QED) is 0.796. The molecule has 0 unspecified atom stereocenters. The number of rotatable bonds is 4. The lowest BCUT2D eigenvalue weighted by molar-refractivity contribution is 0.402. The lowest BCUT2D eigenvalue weighted by atomic mass is 10.1. The van der Waals surface area contributed by atoms with Crippen LogP contribution in [0.15, 0.2) is 4.42 Å². The highest BCUT2D eigenvalue weighted by molar-refractivity contribution is 4.83. The molecular formula is C10H19N3O. The second-order valence-electron chi connectivity index (χ2n) is 4.37. The summed E-state index contributed by atoms with van der Waals surface area (Å²) >= 11 is 0. The number of aryl methyl sites for hydroxylation is 1. The SMILES string of the molecule is CCc1nnc(CCNC(C)(C)C)o1. The van der Waals surface area contributed by atoms with E-state index in [1.54, 1.807) is 0 Å². The molecule has 0 spiro atoms. The van der Waals surface area contributed by atoms with Crippen molar-refractivity contribution in [3.8, 4) is 0 Å². The zero-order valence-corrected chi connectivity index (χ0v) is 9.42. The van der Waals surface area contributed by atoms with E-state index in [1.165, 1.54) is 0 Å². The Morgan fingerprint density at radius 1 is 1.21 bits per heavy atom. The van der Waals surface area contributed by atoms with Crippen LogP contribution in [0.5, 0.6) is 0 Å². The van der Waals surface area contributed by atoms with Crippen molar-refractivity contribution in [2.45, 2.75) is 46.1 Å². The summed E-state index contributed by atoms with van der Waals surface area (Å²) in [5.41, 5.74) is 0.146. The molecule has 0 atom stereocenters. The molecule has 1 N–H and O–H groups in total. The molecule has 0 bridgehead atoms. The smallest absolute Gasteiger partial charge is 0.217 e. The average molecular weight is 197 g/mol. The Bertz CT molecular complexity index is 275. The van der Waals surface area contributed by atoms with E-state index in [-0.39, 0.29) is 5.54 Å². The fourth-order valence-electron chi connectivity index (χ4n) is 1.08. The molecule has 0 aliphatic carbocycles. The number of aromatic nitrogens is 2. The summed E-state index contributed by atoms with van der Waals surface area (Å²) in [7, 11) is 0. The summed E-state index contributed by atoms with van der Waals surface area (Å²) in [6, 6.07) is 0. The van der Waals surface area contributed by atoms with Crippen molar-refractivity contribution in [1.82, 2.24) is 15.5 Å². The van der Waals surface area contributed by atoms with Crippen LogP contribution in [0.25, 0.3) is 0 Å². The number of hydrogen-bond acceptors (Lipinski definition) is 4. The Hall–Kier alpha value is -0.900. The van der Waals surface area contributed by atoms with Crippen molar-refractivity contribution in [3.05, 3.63) is 11.8 Å². The van der Waals surface area contributed by atoms with Gasteiger partial charge in [0.25, 0.3) is 0 Å². The van der Waals surface area contributed by atoms with Gasteiger partial charge in [-0.3, -0.25) is 0 Å². The van der Waals surface area contributed by atoms with Gasteiger partial charge in [-0.25, -0.2) is 0 Å². The van der Waals surface area contributed by atoms with E-state index in [4.69, 9.17) is 4.42 Å².